The van der Waals surface area contributed by atoms with E-state index < -0.39 is 78.2 Å². The van der Waals surface area contributed by atoms with Gasteiger partial charge in [-0.3, -0.25) is 9.80 Å². The maximum Gasteiger partial charge on any atom is 1.00 e. The first-order chi connectivity index (χ1) is 21.2. The zero-order valence-corrected chi connectivity index (χ0v) is 38.9. The molecule has 14 nitrogen and oxygen atoms in total. The summed E-state index contributed by atoms with van der Waals surface area (Å²) in [5.41, 5.74) is -0.622. The van der Waals surface area contributed by atoms with Crippen molar-refractivity contribution in [3.8, 4) is 0 Å². The number of hydrogen-bond acceptors (Lipinski definition) is 14. The van der Waals surface area contributed by atoms with Gasteiger partial charge < -0.3 is 59.3 Å². The molecule has 256 valence electrons. The van der Waals surface area contributed by atoms with Gasteiger partial charge in [0.25, 0.3) is 0 Å². The second-order valence-electron chi connectivity index (χ2n) is 11.5. The second-order valence-corrected chi connectivity index (χ2v) is 14.5. The van der Waals surface area contributed by atoms with Crippen LogP contribution in [0.15, 0.2) is 48.5 Å². The predicted molar refractivity (Wildman–Crippen MR) is 158 cm³/mol. The molecule has 2 aromatic carbocycles. The standard InChI is InChI=1S/C29H48N2O12P2.4Na/c32-18-28(19-33,20-34)30(14-24-4-8-26(9-5-24)16-44(38,39)40)12-2-1-3-13-31(29(21-35,22-36)23-37)15-25-6-10-27(11-7-25)17-45(41,42)43;;;;/h4-11,32-37H,1-3,12-23H2,(H2,38,39,40)(H2,41,42,43);;;;/q;4*+1/p-4. The summed E-state index contributed by atoms with van der Waals surface area (Å²) in [5.74, 6) is 0. The normalized spacial score (nSPS) is 12.2. The van der Waals surface area contributed by atoms with Crippen molar-refractivity contribution in [2.75, 3.05) is 52.7 Å². The summed E-state index contributed by atoms with van der Waals surface area (Å²) in [6, 6.07) is 12.6. The van der Waals surface area contributed by atoms with Gasteiger partial charge >= 0.3 is 118 Å². The van der Waals surface area contributed by atoms with Crippen molar-refractivity contribution in [3.63, 3.8) is 0 Å². The molecule has 0 aromatic heterocycles. The molecule has 0 unspecified atom stereocenters. The van der Waals surface area contributed by atoms with Crippen molar-refractivity contribution in [2.45, 2.75) is 55.8 Å². The number of rotatable bonds is 22. The zero-order chi connectivity index (χ0) is 33.7. The van der Waals surface area contributed by atoms with Gasteiger partial charge in [0.1, 0.15) is 0 Å². The molecule has 0 aliphatic carbocycles. The van der Waals surface area contributed by atoms with E-state index in [1.165, 1.54) is 24.3 Å². The van der Waals surface area contributed by atoms with E-state index in [1.807, 2.05) is 0 Å². The van der Waals surface area contributed by atoms with E-state index in [2.05, 4.69) is 0 Å². The van der Waals surface area contributed by atoms with Crippen LogP contribution in [0.2, 0.25) is 0 Å². The number of aliphatic hydroxyl groups is 6. The minimum Gasteiger partial charge on any atom is -0.810 e. The zero-order valence-electron chi connectivity index (χ0n) is 29.1. The topological polar surface area (TPSA) is 254 Å². The van der Waals surface area contributed by atoms with E-state index >= 15 is 0 Å². The third-order valence-electron chi connectivity index (χ3n) is 8.01. The van der Waals surface area contributed by atoms with Gasteiger partial charge in [-0.15, -0.1) is 0 Å². The molecular formula is C29H44N2Na4O12P2. The van der Waals surface area contributed by atoms with Crippen LogP contribution in [0.25, 0.3) is 0 Å². The van der Waals surface area contributed by atoms with Gasteiger partial charge in [-0.1, -0.05) is 70.1 Å². The summed E-state index contributed by atoms with van der Waals surface area (Å²) in [5, 5.41) is 60.4. The maximum atomic E-state index is 11.1. The van der Waals surface area contributed by atoms with Gasteiger partial charge in [-0.05, 0) is 48.2 Å². The predicted octanol–water partition coefficient (Wildman–Crippen LogP) is -14.6. The van der Waals surface area contributed by atoms with Gasteiger partial charge in [-0.2, -0.15) is 0 Å². The van der Waals surface area contributed by atoms with Gasteiger partial charge in [0, 0.05) is 25.4 Å². The fourth-order valence-corrected chi connectivity index (χ4v) is 6.35. The molecule has 2 rings (SSSR count). The summed E-state index contributed by atoms with van der Waals surface area (Å²) < 4.78 is 22.2. The van der Waals surface area contributed by atoms with Crippen molar-refractivity contribution >= 4 is 15.2 Å². The fourth-order valence-electron chi connectivity index (χ4n) is 5.04. The molecule has 6 N–H and O–H groups in total. The maximum absolute atomic E-state index is 11.1. The van der Waals surface area contributed by atoms with E-state index in [0.717, 1.165) is 0 Å². The van der Waals surface area contributed by atoms with Crippen LogP contribution < -0.4 is 138 Å². The van der Waals surface area contributed by atoms with Crippen molar-refractivity contribution < 1.29 is 178 Å². The molecular weight excluding hydrogens is 722 g/mol. The molecule has 2 aromatic rings. The largest absolute Gasteiger partial charge is 1.00 e. The van der Waals surface area contributed by atoms with Gasteiger partial charge in [0.2, 0.25) is 0 Å². The average Bonchev–Trinajstić information content (AvgIpc) is 2.99. The average molecular weight is 767 g/mol. The van der Waals surface area contributed by atoms with Crippen LogP contribution >= 0.6 is 15.2 Å². The van der Waals surface area contributed by atoms with E-state index in [9.17, 15) is 59.3 Å². The van der Waals surface area contributed by atoms with Crippen molar-refractivity contribution in [3.05, 3.63) is 70.8 Å². The van der Waals surface area contributed by atoms with Gasteiger partial charge in [-0.25, -0.2) is 0 Å². The summed E-state index contributed by atoms with van der Waals surface area (Å²) in [6.07, 6.45) is 0.457. The SMILES string of the molecule is O=P([O-])([O-])Cc1ccc(CN(CCCCCN(Cc2ccc(CP(=O)([O-])[O-])cc2)C(CO)(CO)CO)C(CO)(CO)CO)cc1.[Na+].[Na+].[Na+].[Na+]. The van der Waals surface area contributed by atoms with Crippen LogP contribution in [0.3, 0.4) is 0 Å². The van der Waals surface area contributed by atoms with Crippen LogP contribution in [-0.4, -0.2) is 104 Å². The number of unbranched alkanes of at least 4 members (excludes halogenated alkanes) is 2. The number of aliphatic hydroxyl groups excluding tert-OH is 6. The minimum atomic E-state index is -4.73. The Labute approximate surface area is 377 Å². The summed E-state index contributed by atoms with van der Waals surface area (Å²) in [4.78, 5) is 47.8. The summed E-state index contributed by atoms with van der Waals surface area (Å²) in [7, 11) is -9.46. The Bertz CT molecular complexity index is 1140. The van der Waals surface area contributed by atoms with Crippen LogP contribution in [0.5, 0.6) is 0 Å². The van der Waals surface area contributed by atoms with Gasteiger partial charge in [0.05, 0.1) is 50.7 Å². The van der Waals surface area contributed by atoms with E-state index in [4.69, 9.17) is 0 Å². The second kappa shape index (κ2) is 27.1. The summed E-state index contributed by atoms with van der Waals surface area (Å²) >= 11 is 0. The number of nitrogens with zero attached hydrogens (tertiary/aromatic N) is 2. The number of hydrogen-bond donors (Lipinski definition) is 6. The Kier molecular flexibility index (Phi) is 30.8. The molecule has 0 aliphatic rings. The summed E-state index contributed by atoms with van der Waals surface area (Å²) in [6.45, 7) is -2.12. The first-order valence-electron chi connectivity index (χ1n) is 14.5. The molecule has 20 heteroatoms. The molecule has 0 fully saturated rings. The monoisotopic (exact) mass is 766 g/mol. The molecule has 0 radical (unpaired) electrons. The molecule has 0 spiro atoms. The van der Waals surface area contributed by atoms with Crippen LogP contribution in [0.4, 0.5) is 0 Å². The molecule has 0 aliphatic heterocycles. The molecule has 0 atom stereocenters. The van der Waals surface area contributed by atoms with Gasteiger partial charge in [0.15, 0.2) is 0 Å². The Morgan fingerprint density at radius 2 is 0.714 bits per heavy atom. The molecule has 0 amide bonds. The minimum absolute atomic E-state index is 0. The molecule has 49 heavy (non-hydrogen) atoms. The van der Waals surface area contributed by atoms with E-state index in [1.54, 1.807) is 34.1 Å². The fraction of sp³-hybridized carbons (Fsp3) is 0.586. The van der Waals surface area contributed by atoms with Crippen LogP contribution in [0.1, 0.15) is 41.5 Å². The first kappa shape index (κ1) is 55.8. The Hall–Kier alpha value is 2.42. The third-order valence-corrected chi connectivity index (χ3v) is 9.51. The quantitative estimate of drug-likeness (QED) is 0.0370. The molecule has 0 bridgehead atoms. The number of benzene rings is 2. The Morgan fingerprint density at radius 1 is 0.469 bits per heavy atom. The molecule has 0 heterocycles. The molecule has 0 saturated heterocycles. The van der Waals surface area contributed by atoms with E-state index in [-0.39, 0.29) is 131 Å². The van der Waals surface area contributed by atoms with Crippen molar-refractivity contribution in [1.82, 2.24) is 9.80 Å². The van der Waals surface area contributed by atoms with Crippen LogP contribution in [-0.2, 0) is 34.5 Å². The van der Waals surface area contributed by atoms with E-state index in [0.29, 0.717) is 54.6 Å². The Balaban J connectivity index is -0.00000529. The van der Waals surface area contributed by atoms with Crippen molar-refractivity contribution in [1.29, 1.82) is 0 Å². The van der Waals surface area contributed by atoms with Crippen molar-refractivity contribution in [2.24, 2.45) is 0 Å². The first-order valence-corrected chi connectivity index (χ1v) is 18.0. The molecule has 0 saturated carbocycles. The van der Waals surface area contributed by atoms with Crippen LogP contribution in [0, 0.1) is 0 Å². The third kappa shape index (κ3) is 19.2. The Morgan fingerprint density at radius 3 is 0.939 bits per heavy atom. The smallest absolute Gasteiger partial charge is 0.810 e.